The Morgan fingerprint density at radius 3 is 2.65 bits per heavy atom. The van der Waals surface area contributed by atoms with Gasteiger partial charge in [-0.05, 0) is 18.6 Å². The molecule has 20 heavy (non-hydrogen) atoms. The van der Waals surface area contributed by atoms with Crippen LogP contribution in [0.3, 0.4) is 0 Å². The largest absolute Gasteiger partial charge is 0.289 e. The summed E-state index contributed by atoms with van der Waals surface area (Å²) in [5.41, 5.74) is -0.468. The van der Waals surface area contributed by atoms with Crippen LogP contribution in [0.1, 0.15) is 6.42 Å². The van der Waals surface area contributed by atoms with Crippen molar-refractivity contribution in [1.82, 2.24) is 4.72 Å². The maximum atomic E-state index is 11.9. The predicted octanol–water partition coefficient (Wildman–Crippen LogP) is 1.30. The van der Waals surface area contributed by atoms with E-state index in [-0.39, 0.29) is 16.5 Å². The maximum Gasteiger partial charge on any atom is 0.289 e. The lowest BCUT2D eigenvalue weighted by Gasteiger charge is -2.06. The van der Waals surface area contributed by atoms with Crippen LogP contribution in [0.4, 0.5) is 5.69 Å². The van der Waals surface area contributed by atoms with E-state index in [4.69, 9.17) is 11.6 Å². The first-order valence-corrected chi connectivity index (χ1v) is 9.06. The van der Waals surface area contributed by atoms with Gasteiger partial charge in [-0.2, -0.15) is 0 Å². The molecule has 7 nitrogen and oxygen atoms in total. The van der Waals surface area contributed by atoms with Crippen LogP contribution >= 0.6 is 11.6 Å². The van der Waals surface area contributed by atoms with Crippen molar-refractivity contribution < 1.29 is 17.6 Å². The van der Waals surface area contributed by atoms with Gasteiger partial charge in [-0.25, -0.2) is 13.1 Å². The Kier molecular flexibility index (Phi) is 6.06. The molecule has 1 aromatic carbocycles. The summed E-state index contributed by atoms with van der Waals surface area (Å²) in [6.45, 7) is 0.109. The molecule has 0 aliphatic carbocycles. The zero-order valence-electron chi connectivity index (χ0n) is 10.5. The molecule has 0 aliphatic heterocycles. The number of hydrogen-bond acceptors (Lipinski definition) is 5. The van der Waals surface area contributed by atoms with E-state index in [9.17, 15) is 22.7 Å². The Labute approximate surface area is 124 Å². The minimum absolute atomic E-state index is 0.109. The fourth-order valence-electron chi connectivity index (χ4n) is 1.36. The number of nitro benzene ring substituents is 1. The van der Waals surface area contributed by atoms with Crippen LogP contribution in [0.5, 0.6) is 0 Å². The van der Waals surface area contributed by atoms with E-state index in [0.717, 1.165) is 12.1 Å². The molecule has 0 spiro atoms. The number of nitrogens with zero attached hydrogens (tertiary/aromatic N) is 1. The molecule has 1 atom stereocenters. The fourth-order valence-corrected chi connectivity index (χ4v) is 3.20. The Bertz CT molecular complexity index is 633. The van der Waals surface area contributed by atoms with Gasteiger partial charge in [-0.15, -0.1) is 0 Å². The molecule has 0 aromatic heterocycles. The van der Waals surface area contributed by atoms with E-state index >= 15 is 0 Å². The highest BCUT2D eigenvalue weighted by Crippen LogP contribution is 2.26. The molecular weight excluding hydrogens is 328 g/mol. The molecule has 0 saturated heterocycles. The van der Waals surface area contributed by atoms with Gasteiger partial charge in [0.25, 0.3) is 5.69 Å². The number of halogens is 1. The normalized spacial score (nSPS) is 13.1. The lowest BCUT2D eigenvalue weighted by Crippen LogP contribution is -2.25. The van der Waals surface area contributed by atoms with Crippen LogP contribution in [-0.4, -0.2) is 36.1 Å². The summed E-state index contributed by atoms with van der Waals surface area (Å²) < 4.78 is 36.9. The van der Waals surface area contributed by atoms with E-state index in [1.807, 2.05) is 0 Å². The van der Waals surface area contributed by atoms with Crippen molar-refractivity contribution >= 4 is 38.1 Å². The maximum absolute atomic E-state index is 11.9. The van der Waals surface area contributed by atoms with Crippen LogP contribution < -0.4 is 4.72 Å². The first-order valence-electron chi connectivity index (χ1n) is 5.47. The fraction of sp³-hybridized carbons (Fsp3) is 0.400. The molecule has 0 bridgehead atoms. The number of nitrogens with one attached hydrogen (secondary N) is 1. The highest BCUT2D eigenvalue weighted by Gasteiger charge is 2.20. The first-order chi connectivity index (χ1) is 9.24. The SMILES string of the molecule is CS(=O)CCCNS(=O)(=O)c1ccc(Cl)c([N+](=O)[O-])c1. The predicted molar refractivity (Wildman–Crippen MR) is 76.8 cm³/mol. The number of sulfonamides is 1. The lowest BCUT2D eigenvalue weighted by molar-refractivity contribution is -0.384. The minimum Gasteiger partial charge on any atom is -0.260 e. The standard InChI is InChI=1S/C10H13ClN2O5S2/c1-19(16)6-2-5-12-20(17,18)8-3-4-9(11)10(7-8)13(14)15/h3-4,7,12H,2,5-6H2,1H3. The van der Waals surface area contributed by atoms with Crippen LogP contribution in [-0.2, 0) is 20.8 Å². The first kappa shape index (κ1) is 17.0. The number of hydrogen-bond donors (Lipinski definition) is 1. The second kappa shape index (κ2) is 7.11. The highest BCUT2D eigenvalue weighted by atomic mass is 35.5. The Hall–Kier alpha value is -1.03. The third kappa shape index (κ3) is 4.82. The van der Waals surface area contributed by atoms with Gasteiger partial charge in [0.1, 0.15) is 5.02 Å². The van der Waals surface area contributed by atoms with Crippen molar-refractivity contribution in [3.8, 4) is 0 Å². The van der Waals surface area contributed by atoms with Gasteiger partial charge >= 0.3 is 0 Å². The van der Waals surface area contributed by atoms with E-state index in [0.29, 0.717) is 12.2 Å². The topological polar surface area (TPSA) is 106 Å². The summed E-state index contributed by atoms with van der Waals surface area (Å²) in [6.07, 6.45) is 1.94. The van der Waals surface area contributed by atoms with Gasteiger partial charge in [0.2, 0.25) is 10.0 Å². The zero-order chi connectivity index (χ0) is 15.3. The molecule has 1 rings (SSSR count). The third-order valence-corrected chi connectivity index (χ3v) is 4.97. The average Bonchev–Trinajstić information content (AvgIpc) is 2.34. The number of benzene rings is 1. The monoisotopic (exact) mass is 340 g/mol. The molecule has 1 unspecified atom stereocenters. The number of rotatable bonds is 7. The molecule has 1 N–H and O–H groups in total. The molecule has 112 valence electrons. The number of nitro groups is 1. The van der Waals surface area contributed by atoms with Crippen molar-refractivity contribution in [3.63, 3.8) is 0 Å². The van der Waals surface area contributed by atoms with Crippen molar-refractivity contribution in [2.75, 3.05) is 18.6 Å². The zero-order valence-corrected chi connectivity index (χ0v) is 12.9. The molecule has 10 heteroatoms. The molecular formula is C10H13ClN2O5S2. The third-order valence-electron chi connectivity index (χ3n) is 2.33. The molecule has 0 heterocycles. The van der Waals surface area contributed by atoms with Crippen molar-refractivity contribution in [3.05, 3.63) is 33.3 Å². The molecule has 0 saturated carbocycles. The van der Waals surface area contributed by atoms with Crippen LogP contribution in [0.25, 0.3) is 0 Å². The summed E-state index contributed by atoms with van der Waals surface area (Å²) in [5, 5.41) is 10.6. The van der Waals surface area contributed by atoms with Gasteiger partial charge in [0, 0.05) is 35.4 Å². The Balaban J connectivity index is 2.85. The quantitative estimate of drug-likeness (QED) is 0.457. The van der Waals surface area contributed by atoms with Crippen LogP contribution in [0.2, 0.25) is 5.02 Å². The van der Waals surface area contributed by atoms with Crippen LogP contribution in [0.15, 0.2) is 23.1 Å². The van der Waals surface area contributed by atoms with E-state index in [1.165, 1.54) is 12.3 Å². The van der Waals surface area contributed by atoms with E-state index < -0.39 is 31.4 Å². The van der Waals surface area contributed by atoms with Crippen LogP contribution in [0, 0.1) is 10.1 Å². The van der Waals surface area contributed by atoms with Gasteiger partial charge < -0.3 is 0 Å². The molecule has 0 aliphatic rings. The van der Waals surface area contributed by atoms with Gasteiger partial charge in [-0.1, -0.05) is 11.6 Å². The second-order valence-electron chi connectivity index (χ2n) is 3.90. The van der Waals surface area contributed by atoms with Gasteiger partial charge in [0.05, 0.1) is 9.82 Å². The molecule has 0 radical (unpaired) electrons. The highest BCUT2D eigenvalue weighted by molar-refractivity contribution is 7.89. The molecule has 0 fully saturated rings. The van der Waals surface area contributed by atoms with Crippen molar-refractivity contribution in [2.45, 2.75) is 11.3 Å². The summed E-state index contributed by atoms with van der Waals surface area (Å²) in [5.74, 6) is 0.378. The van der Waals surface area contributed by atoms with Crippen molar-refractivity contribution in [2.24, 2.45) is 0 Å². The Morgan fingerprint density at radius 1 is 1.45 bits per heavy atom. The lowest BCUT2D eigenvalue weighted by atomic mass is 10.3. The Morgan fingerprint density at radius 2 is 2.10 bits per heavy atom. The minimum atomic E-state index is -3.84. The van der Waals surface area contributed by atoms with Gasteiger partial charge in [-0.3, -0.25) is 14.3 Å². The second-order valence-corrected chi connectivity index (χ2v) is 7.63. The molecule has 1 aromatic rings. The van der Waals surface area contributed by atoms with Gasteiger partial charge in [0.15, 0.2) is 0 Å². The van der Waals surface area contributed by atoms with E-state index in [1.54, 1.807) is 0 Å². The summed E-state index contributed by atoms with van der Waals surface area (Å²) >= 11 is 5.61. The van der Waals surface area contributed by atoms with Crippen molar-refractivity contribution in [1.29, 1.82) is 0 Å². The molecule has 0 amide bonds. The average molecular weight is 341 g/mol. The summed E-state index contributed by atoms with van der Waals surface area (Å²) in [6, 6.07) is 3.26. The van der Waals surface area contributed by atoms with E-state index in [2.05, 4.69) is 4.72 Å². The summed E-state index contributed by atoms with van der Waals surface area (Å²) in [7, 11) is -4.84. The smallest absolute Gasteiger partial charge is 0.260 e. The summed E-state index contributed by atoms with van der Waals surface area (Å²) in [4.78, 5) is 9.73.